The van der Waals surface area contributed by atoms with Crippen LogP contribution in [0.15, 0.2) is 29.2 Å². The van der Waals surface area contributed by atoms with Gasteiger partial charge in [-0.1, -0.05) is 18.2 Å². The quantitative estimate of drug-likeness (QED) is 0.471. The zero-order chi connectivity index (χ0) is 5.40. The molecule has 0 N–H and O–H groups in total. The summed E-state index contributed by atoms with van der Waals surface area (Å²) in [5, 5.41) is 2.73. The molecule has 0 amide bonds. The van der Waals surface area contributed by atoms with Gasteiger partial charge in [-0.05, 0) is 17.1 Å². The summed E-state index contributed by atoms with van der Waals surface area (Å²) in [6.07, 6.45) is 9.43. The van der Waals surface area contributed by atoms with Gasteiger partial charge in [-0.15, -0.1) is 11.8 Å². The van der Waals surface area contributed by atoms with E-state index < -0.39 is 0 Å². The van der Waals surface area contributed by atoms with Crippen molar-refractivity contribution in [3.05, 3.63) is 35.3 Å². The molecule has 0 bridgehead atoms. The highest BCUT2D eigenvalue weighted by Gasteiger charge is 2.15. The first-order valence-corrected chi connectivity index (χ1v) is 3.53. The third kappa shape index (κ3) is 0.480. The molecule has 0 aromatic heterocycles. The standard InChI is InChI=1S/C7H5S/c1-2-6-4-5-8-7(6)3-1/h1,3-5,7H. The van der Waals surface area contributed by atoms with Crippen molar-refractivity contribution in [3.8, 4) is 0 Å². The number of thioether (sulfide) groups is 1. The Morgan fingerprint density at radius 3 is 3.50 bits per heavy atom. The molecule has 1 unspecified atom stereocenters. The minimum absolute atomic E-state index is 0.606. The number of hydrogen-bond donors (Lipinski definition) is 0. The Balaban J connectivity index is 2.39. The second-order valence-corrected chi connectivity index (χ2v) is 2.87. The third-order valence-electron chi connectivity index (χ3n) is 1.30. The molecule has 0 fully saturated rings. The van der Waals surface area contributed by atoms with E-state index in [-0.39, 0.29) is 0 Å². The second kappa shape index (κ2) is 1.52. The summed E-state index contributed by atoms with van der Waals surface area (Å²) in [6, 6.07) is 0. The summed E-state index contributed by atoms with van der Waals surface area (Å²) < 4.78 is 0. The summed E-state index contributed by atoms with van der Waals surface area (Å²) in [4.78, 5) is 0. The van der Waals surface area contributed by atoms with E-state index in [0.717, 1.165) is 0 Å². The molecule has 1 aliphatic carbocycles. The Hall–Kier alpha value is -0.430. The summed E-state index contributed by atoms with van der Waals surface area (Å²) in [6.45, 7) is 0. The lowest BCUT2D eigenvalue weighted by molar-refractivity contribution is 1.38. The van der Waals surface area contributed by atoms with Crippen LogP contribution >= 0.6 is 11.8 Å². The molecule has 2 rings (SSSR count). The molecule has 0 saturated heterocycles. The van der Waals surface area contributed by atoms with Gasteiger partial charge in [-0.25, -0.2) is 0 Å². The van der Waals surface area contributed by atoms with Crippen molar-refractivity contribution in [2.24, 2.45) is 0 Å². The molecule has 8 heavy (non-hydrogen) atoms. The lowest BCUT2D eigenvalue weighted by Crippen LogP contribution is -1.88. The number of hydrogen-bond acceptors (Lipinski definition) is 1. The van der Waals surface area contributed by atoms with Crippen molar-refractivity contribution in [1.82, 2.24) is 0 Å². The Labute approximate surface area is 53.0 Å². The highest BCUT2D eigenvalue weighted by atomic mass is 32.2. The maximum Gasteiger partial charge on any atom is 0.0528 e. The molecule has 1 aliphatic heterocycles. The topological polar surface area (TPSA) is 0 Å². The van der Waals surface area contributed by atoms with E-state index >= 15 is 0 Å². The van der Waals surface area contributed by atoms with Crippen LogP contribution < -0.4 is 0 Å². The normalized spacial score (nSPS) is 31.0. The van der Waals surface area contributed by atoms with Crippen molar-refractivity contribution in [2.45, 2.75) is 5.25 Å². The van der Waals surface area contributed by atoms with E-state index in [2.05, 4.69) is 23.6 Å². The molecule has 0 saturated carbocycles. The first kappa shape index (κ1) is 4.45. The average Bonchev–Trinajstić information content (AvgIpc) is 2.15. The van der Waals surface area contributed by atoms with E-state index in [4.69, 9.17) is 0 Å². The second-order valence-electron chi connectivity index (χ2n) is 1.82. The predicted octanol–water partition coefficient (Wildman–Crippen LogP) is 1.91. The molecular weight excluding hydrogens is 116 g/mol. The molecule has 0 spiro atoms. The fourth-order valence-corrected chi connectivity index (χ4v) is 1.73. The lowest BCUT2D eigenvalue weighted by atomic mass is 10.2. The van der Waals surface area contributed by atoms with E-state index in [1.807, 2.05) is 17.8 Å². The molecular formula is C7H5S. The van der Waals surface area contributed by atoms with Crippen LogP contribution in [0.3, 0.4) is 0 Å². The predicted molar refractivity (Wildman–Crippen MR) is 36.4 cm³/mol. The van der Waals surface area contributed by atoms with E-state index in [9.17, 15) is 0 Å². The largest absolute Gasteiger partial charge is 0.122 e. The van der Waals surface area contributed by atoms with Crippen molar-refractivity contribution in [2.75, 3.05) is 0 Å². The average molecular weight is 121 g/mol. The Morgan fingerprint density at radius 1 is 1.62 bits per heavy atom. The van der Waals surface area contributed by atoms with Gasteiger partial charge in [0.25, 0.3) is 0 Å². The SMILES string of the molecule is [C]1=C2C=CSC2C=C1. The van der Waals surface area contributed by atoms with E-state index in [0.29, 0.717) is 5.25 Å². The summed E-state index contributed by atoms with van der Waals surface area (Å²) in [5.74, 6) is 0. The molecule has 1 atom stereocenters. The fraction of sp³-hybridized carbons (Fsp3) is 0.143. The van der Waals surface area contributed by atoms with Gasteiger partial charge in [-0.2, -0.15) is 0 Å². The molecule has 2 aliphatic rings. The molecule has 39 valence electrons. The van der Waals surface area contributed by atoms with Gasteiger partial charge in [0.15, 0.2) is 0 Å². The first-order valence-electron chi connectivity index (χ1n) is 2.59. The van der Waals surface area contributed by atoms with Gasteiger partial charge < -0.3 is 0 Å². The van der Waals surface area contributed by atoms with Crippen LogP contribution in [-0.4, -0.2) is 5.25 Å². The number of rotatable bonds is 0. The molecule has 0 aromatic carbocycles. The molecule has 0 nitrogen and oxygen atoms in total. The van der Waals surface area contributed by atoms with Crippen LogP contribution in [0.25, 0.3) is 0 Å². The zero-order valence-corrected chi connectivity index (χ0v) is 5.11. The summed E-state index contributed by atoms with van der Waals surface area (Å²) in [5.41, 5.74) is 1.33. The van der Waals surface area contributed by atoms with Crippen LogP contribution in [0.1, 0.15) is 0 Å². The Morgan fingerprint density at radius 2 is 2.62 bits per heavy atom. The van der Waals surface area contributed by atoms with Crippen molar-refractivity contribution in [3.63, 3.8) is 0 Å². The Kier molecular flexibility index (Phi) is 0.847. The Bertz CT molecular complexity index is 187. The fourth-order valence-electron chi connectivity index (χ4n) is 0.876. The summed E-state index contributed by atoms with van der Waals surface area (Å²) >= 11 is 1.85. The van der Waals surface area contributed by atoms with Crippen LogP contribution in [0, 0.1) is 6.08 Å². The van der Waals surface area contributed by atoms with Crippen LogP contribution in [0.4, 0.5) is 0 Å². The van der Waals surface area contributed by atoms with Crippen LogP contribution in [0.2, 0.25) is 0 Å². The maximum atomic E-state index is 3.15. The zero-order valence-electron chi connectivity index (χ0n) is 4.29. The summed E-state index contributed by atoms with van der Waals surface area (Å²) in [7, 11) is 0. The van der Waals surface area contributed by atoms with Gasteiger partial charge >= 0.3 is 0 Å². The monoisotopic (exact) mass is 121 g/mol. The van der Waals surface area contributed by atoms with Crippen molar-refractivity contribution < 1.29 is 0 Å². The molecule has 1 heteroatoms. The minimum Gasteiger partial charge on any atom is -0.122 e. The van der Waals surface area contributed by atoms with E-state index in [1.165, 1.54) is 5.57 Å². The third-order valence-corrected chi connectivity index (χ3v) is 2.30. The number of allylic oxidation sites excluding steroid dienone is 3. The number of fused-ring (bicyclic) bond motifs is 1. The van der Waals surface area contributed by atoms with Gasteiger partial charge in [0.2, 0.25) is 0 Å². The molecule has 1 radical (unpaired) electrons. The van der Waals surface area contributed by atoms with Crippen LogP contribution in [-0.2, 0) is 0 Å². The van der Waals surface area contributed by atoms with Gasteiger partial charge in [0.1, 0.15) is 0 Å². The highest BCUT2D eigenvalue weighted by Crippen LogP contribution is 2.32. The van der Waals surface area contributed by atoms with Crippen molar-refractivity contribution >= 4 is 11.8 Å². The molecule has 1 heterocycles. The van der Waals surface area contributed by atoms with Gasteiger partial charge in [0.05, 0.1) is 5.25 Å². The highest BCUT2D eigenvalue weighted by molar-refractivity contribution is 8.03. The van der Waals surface area contributed by atoms with Crippen LogP contribution in [0.5, 0.6) is 0 Å². The van der Waals surface area contributed by atoms with Gasteiger partial charge in [0, 0.05) is 0 Å². The molecule has 0 aromatic rings. The van der Waals surface area contributed by atoms with Crippen molar-refractivity contribution in [1.29, 1.82) is 0 Å². The maximum absolute atomic E-state index is 3.15. The first-order chi connectivity index (χ1) is 3.97. The van der Waals surface area contributed by atoms with E-state index in [1.54, 1.807) is 0 Å². The van der Waals surface area contributed by atoms with Gasteiger partial charge in [-0.3, -0.25) is 0 Å². The minimum atomic E-state index is 0.606. The smallest absolute Gasteiger partial charge is 0.0528 e. The lowest BCUT2D eigenvalue weighted by Gasteiger charge is -1.95.